The standard InChI is InChI=1S/C57H72ClN9O14S3/c1-32(68)49-57(79)66-47(56(78)63-44(51(60)73)26-36-13-21-42(70)22-14-36)30-83-82-29-46(65-53(75)39(31-84(3,80)81)25-33-9-17-40(58)18-10-33)48(71)28-38(24-34-11-19-41(69)20-12-34)52(74)64-45(27-35-7-15-37(16-8-35)50(59)72)55(77)62-43(54(76)67-49)6-4-5-23-61-2/h7-22,32,38-39,43-47,49,61,68-70H,4-6,23-31H2,1-3H3,(H2,59,72)(H2,60,73)(H,62,77)(H,63,78)(H,64,74)(H,65,75)(H,66,79)(H,67,76)/t32-,38-,39-,43+,44-,45-,46-,47+,49+/m1/s1. The summed E-state index contributed by atoms with van der Waals surface area (Å²) >= 11 is 6.12. The molecule has 0 radical (unpaired) electrons. The monoisotopic (exact) mass is 1240 g/mol. The number of aliphatic hydroxyl groups excluding tert-OH is 1. The largest absolute Gasteiger partial charge is 0.508 e. The minimum absolute atomic E-state index is 0.0222. The van der Waals surface area contributed by atoms with Gasteiger partial charge in [-0.1, -0.05) is 81.7 Å². The molecule has 1 aliphatic heterocycles. The molecule has 4 aromatic carbocycles. The van der Waals surface area contributed by atoms with Gasteiger partial charge in [0.1, 0.15) is 51.5 Å². The van der Waals surface area contributed by atoms with Crippen LogP contribution in [0.5, 0.6) is 11.5 Å². The van der Waals surface area contributed by atoms with E-state index in [2.05, 4.69) is 37.2 Å². The molecule has 4 aromatic rings. The molecule has 0 aromatic heterocycles. The number of ketones is 1. The Morgan fingerprint density at radius 1 is 0.702 bits per heavy atom. The molecule has 0 saturated carbocycles. The van der Waals surface area contributed by atoms with Gasteiger partial charge in [-0.05, 0) is 123 Å². The predicted molar refractivity (Wildman–Crippen MR) is 319 cm³/mol. The third-order valence-electron chi connectivity index (χ3n) is 13.6. The number of hydrogen-bond donors (Lipinski definition) is 12. The van der Waals surface area contributed by atoms with Crippen LogP contribution < -0.4 is 48.7 Å². The molecule has 84 heavy (non-hydrogen) atoms. The lowest BCUT2D eigenvalue weighted by molar-refractivity contribution is -0.137. The highest BCUT2D eigenvalue weighted by Gasteiger charge is 2.37. The average Bonchev–Trinajstić information content (AvgIpc) is 3.60. The van der Waals surface area contributed by atoms with Crippen molar-refractivity contribution in [2.75, 3.05) is 37.1 Å². The number of primary amides is 2. The first-order valence-electron chi connectivity index (χ1n) is 26.9. The lowest BCUT2D eigenvalue weighted by Crippen LogP contribution is -2.62. The van der Waals surface area contributed by atoms with Crippen LogP contribution in [-0.2, 0) is 73.9 Å². The fourth-order valence-electron chi connectivity index (χ4n) is 8.99. The number of phenols is 2. The van der Waals surface area contributed by atoms with E-state index in [1.54, 1.807) is 31.3 Å². The molecule has 27 heteroatoms. The summed E-state index contributed by atoms with van der Waals surface area (Å²) in [7, 11) is -0.251. The summed E-state index contributed by atoms with van der Waals surface area (Å²) in [6.45, 7) is 1.72. The Labute approximate surface area is 500 Å². The Morgan fingerprint density at radius 2 is 1.25 bits per heavy atom. The summed E-state index contributed by atoms with van der Waals surface area (Å²) in [5.74, 6) is -11.9. The molecule has 5 rings (SSSR count). The fraction of sp³-hybridized carbons (Fsp3) is 0.421. The molecule has 0 unspecified atom stereocenters. The highest BCUT2D eigenvalue weighted by Crippen LogP contribution is 2.27. The van der Waals surface area contributed by atoms with E-state index in [9.17, 15) is 66.9 Å². The maximum absolute atomic E-state index is 15.0. The molecule has 0 bridgehead atoms. The van der Waals surface area contributed by atoms with Gasteiger partial charge in [-0.15, -0.1) is 0 Å². The Balaban J connectivity index is 1.62. The second-order valence-corrected chi connectivity index (χ2v) is 25.8. The quantitative estimate of drug-likeness (QED) is 0.0384. The Morgan fingerprint density at radius 3 is 1.83 bits per heavy atom. The van der Waals surface area contributed by atoms with Crippen LogP contribution in [0.25, 0.3) is 0 Å². The van der Waals surface area contributed by atoms with Gasteiger partial charge in [0, 0.05) is 53.5 Å². The number of carbonyl (C=O) groups is 9. The minimum atomic E-state index is -3.83. The highest BCUT2D eigenvalue weighted by atomic mass is 35.5. The summed E-state index contributed by atoms with van der Waals surface area (Å²) in [5.41, 5.74) is 13.3. The van der Waals surface area contributed by atoms with Crippen molar-refractivity contribution < 1.29 is 66.9 Å². The van der Waals surface area contributed by atoms with Crippen LogP contribution in [0.1, 0.15) is 65.2 Å². The normalized spacial score (nSPS) is 20.8. The number of rotatable bonds is 22. The zero-order valence-electron chi connectivity index (χ0n) is 46.5. The zero-order chi connectivity index (χ0) is 61.7. The van der Waals surface area contributed by atoms with Gasteiger partial charge in [-0.25, -0.2) is 8.42 Å². The Hall–Kier alpha value is -7.23. The van der Waals surface area contributed by atoms with E-state index >= 15 is 0 Å². The number of benzene rings is 4. The van der Waals surface area contributed by atoms with Crippen LogP contribution in [0.15, 0.2) is 97.1 Å². The van der Waals surface area contributed by atoms with Crippen molar-refractivity contribution in [2.45, 2.75) is 101 Å². The number of unbranched alkanes of at least 4 members (excludes halogenated alkanes) is 1. The average molecular weight is 1240 g/mol. The van der Waals surface area contributed by atoms with Crippen LogP contribution >= 0.6 is 33.2 Å². The number of aliphatic hydroxyl groups is 1. The van der Waals surface area contributed by atoms with Gasteiger partial charge in [0.15, 0.2) is 5.78 Å². The lowest BCUT2D eigenvalue weighted by Gasteiger charge is -2.29. The van der Waals surface area contributed by atoms with Crippen molar-refractivity contribution >= 4 is 96.1 Å². The number of amides is 8. The van der Waals surface area contributed by atoms with E-state index in [0.29, 0.717) is 46.7 Å². The summed E-state index contributed by atoms with van der Waals surface area (Å²) in [5, 5.41) is 50.3. The van der Waals surface area contributed by atoms with Gasteiger partial charge in [-0.3, -0.25) is 43.2 Å². The first-order chi connectivity index (χ1) is 39.8. The molecule has 8 amide bonds. The zero-order valence-corrected chi connectivity index (χ0v) is 49.7. The van der Waals surface area contributed by atoms with Gasteiger partial charge in [-0.2, -0.15) is 0 Å². The number of carbonyl (C=O) groups excluding carboxylic acids is 9. The molecule has 23 nitrogen and oxygen atoms in total. The lowest BCUT2D eigenvalue weighted by atomic mass is 9.90. The molecule has 1 heterocycles. The van der Waals surface area contributed by atoms with E-state index in [4.69, 9.17) is 23.1 Å². The van der Waals surface area contributed by atoms with Crippen LogP contribution in [0.3, 0.4) is 0 Å². The van der Waals surface area contributed by atoms with Gasteiger partial charge in [0.2, 0.25) is 47.3 Å². The molecular formula is C57H72ClN9O14S3. The number of halogens is 1. The van der Waals surface area contributed by atoms with E-state index in [1.807, 2.05) is 0 Å². The minimum Gasteiger partial charge on any atom is -0.508 e. The van der Waals surface area contributed by atoms with E-state index in [-0.39, 0.29) is 60.7 Å². The molecule has 454 valence electrons. The number of phenolic OH excluding ortho intramolecular Hbond substituents is 2. The summed E-state index contributed by atoms with van der Waals surface area (Å²) in [4.78, 5) is 127. The molecule has 14 N–H and O–H groups in total. The molecular weight excluding hydrogens is 1170 g/mol. The molecule has 1 aliphatic rings. The number of Topliss-reactive ketones (excluding diaryl/α,β-unsaturated/α-hetero) is 1. The maximum atomic E-state index is 15.0. The van der Waals surface area contributed by atoms with E-state index < -0.39 is 129 Å². The third-order valence-corrected chi connectivity index (χ3v) is 17.3. The van der Waals surface area contributed by atoms with Gasteiger partial charge < -0.3 is 64.0 Å². The van der Waals surface area contributed by atoms with Gasteiger partial charge >= 0.3 is 0 Å². The second-order valence-electron chi connectivity index (χ2n) is 20.6. The number of sulfone groups is 1. The summed E-state index contributed by atoms with van der Waals surface area (Å²) in [6, 6.07) is 14.6. The number of nitrogens with two attached hydrogens (primary N) is 2. The number of hydrogen-bond acceptors (Lipinski definition) is 17. The Bertz CT molecular complexity index is 3050. The van der Waals surface area contributed by atoms with Crippen LogP contribution in [0, 0.1) is 11.8 Å². The van der Waals surface area contributed by atoms with Crippen molar-refractivity contribution in [3.05, 3.63) is 130 Å². The first kappa shape index (κ1) is 67.6. The van der Waals surface area contributed by atoms with Crippen LogP contribution in [-0.4, -0.2) is 156 Å². The first-order valence-corrected chi connectivity index (χ1v) is 31.8. The van der Waals surface area contributed by atoms with Gasteiger partial charge in [0.25, 0.3) is 0 Å². The van der Waals surface area contributed by atoms with Crippen molar-refractivity contribution in [1.29, 1.82) is 0 Å². The van der Waals surface area contributed by atoms with Crippen molar-refractivity contribution in [3.63, 3.8) is 0 Å². The number of nitrogens with one attached hydrogen (secondary N) is 7. The third kappa shape index (κ3) is 22.4. The van der Waals surface area contributed by atoms with Crippen LogP contribution in [0.2, 0.25) is 5.02 Å². The molecule has 0 spiro atoms. The second kappa shape index (κ2) is 32.7. The smallest absolute Gasteiger partial charge is 0.248 e. The number of aromatic hydroxyl groups is 2. The fourth-order valence-corrected chi connectivity index (χ4v) is 12.5. The van der Waals surface area contributed by atoms with E-state index in [1.165, 1.54) is 79.7 Å². The van der Waals surface area contributed by atoms with Crippen molar-refractivity contribution in [2.24, 2.45) is 23.3 Å². The summed E-state index contributed by atoms with van der Waals surface area (Å²) in [6.07, 6.45) is -1.11. The SMILES string of the molecule is CNCCCC[C@@H]1NC(=O)[C@@H](Cc2ccc(C(N)=O)cc2)NC(=O)[C@H](Cc2ccc(O)cc2)CC(=O)[C@H](NC(=O)[C@H](Cc2ccc(Cl)cc2)CS(C)(=O)=O)CSSC[C@@H](C(=O)N[C@H](Cc2ccc(O)cc2)C(N)=O)NC(=O)[C@H]([C@@H](C)O)NC1=O. The molecule has 1 saturated heterocycles. The van der Waals surface area contributed by atoms with Crippen LogP contribution in [0.4, 0.5) is 0 Å². The van der Waals surface area contributed by atoms with E-state index in [0.717, 1.165) is 27.8 Å². The topological polar surface area (TPSA) is 385 Å². The van der Waals surface area contributed by atoms with Crippen molar-refractivity contribution in [1.82, 2.24) is 37.2 Å². The predicted octanol–water partition coefficient (Wildman–Crippen LogP) is 0.917. The van der Waals surface area contributed by atoms with Crippen molar-refractivity contribution in [3.8, 4) is 11.5 Å². The molecule has 9 atom stereocenters. The highest BCUT2D eigenvalue weighted by molar-refractivity contribution is 8.76. The van der Waals surface area contributed by atoms with Gasteiger partial charge in [0.05, 0.1) is 23.8 Å². The summed E-state index contributed by atoms with van der Waals surface area (Å²) < 4.78 is 25.7. The maximum Gasteiger partial charge on any atom is 0.248 e. The molecule has 0 aliphatic carbocycles. The Kier molecular flexibility index (Phi) is 26.3. The molecule has 1 fully saturated rings.